The van der Waals surface area contributed by atoms with Crippen LogP contribution in [0.3, 0.4) is 0 Å². The second kappa shape index (κ2) is 4.63. The Morgan fingerprint density at radius 2 is 2.11 bits per heavy atom. The van der Waals surface area contributed by atoms with Gasteiger partial charge in [-0.3, -0.25) is 4.79 Å². The third-order valence-electron chi connectivity index (χ3n) is 4.28. The third-order valence-corrected chi connectivity index (χ3v) is 4.28. The first-order chi connectivity index (χ1) is 8.80. The van der Waals surface area contributed by atoms with E-state index in [-0.39, 0.29) is 0 Å². The summed E-state index contributed by atoms with van der Waals surface area (Å²) in [5.41, 5.74) is 0.633. The number of carbonyl (C=O) groups is 1. The van der Waals surface area contributed by atoms with Crippen LogP contribution in [0.2, 0.25) is 0 Å². The van der Waals surface area contributed by atoms with E-state index >= 15 is 0 Å². The molecule has 0 spiro atoms. The third kappa shape index (κ3) is 1.98. The quantitative estimate of drug-likeness (QED) is 0.766. The number of benzene rings is 1. The molecule has 2 saturated carbocycles. The van der Waals surface area contributed by atoms with Gasteiger partial charge in [-0.1, -0.05) is 0 Å². The standard InChI is InChI=1S/C15H18O3/c1-17-13-5-3-11(9-16)8-15(13)18-14-7-10-2-4-12(14)6-10/h3,5,8-10,12,14H,2,4,6-7H2,1H3/t10?,12?,14-/m1/s1. The summed E-state index contributed by atoms with van der Waals surface area (Å²) in [5.74, 6) is 2.96. The van der Waals surface area contributed by atoms with E-state index in [1.54, 1.807) is 25.3 Å². The molecule has 2 aliphatic rings. The maximum atomic E-state index is 10.8. The number of methoxy groups -OCH3 is 1. The number of aldehydes is 1. The van der Waals surface area contributed by atoms with Crippen LogP contribution in [0.5, 0.6) is 11.5 Å². The molecule has 1 aromatic carbocycles. The Bertz CT molecular complexity index is 455. The number of carbonyl (C=O) groups excluding carboxylic acids is 1. The minimum atomic E-state index is 0.305. The molecule has 2 aliphatic carbocycles. The number of rotatable bonds is 4. The van der Waals surface area contributed by atoms with Gasteiger partial charge in [-0.25, -0.2) is 0 Å². The van der Waals surface area contributed by atoms with Crippen molar-refractivity contribution >= 4 is 6.29 Å². The highest BCUT2D eigenvalue weighted by Gasteiger charge is 2.41. The zero-order valence-electron chi connectivity index (χ0n) is 10.6. The molecule has 0 saturated heterocycles. The number of fused-ring (bicyclic) bond motifs is 2. The van der Waals surface area contributed by atoms with E-state index in [1.807, 2.05) is 0 Å². The number of hydrogen-bond donors (Lipinski definition) is 0. The molecule has 0 aliphatic heterocycles. The highest BCUT2D eigenvalue weighted by molar-refractivity contribution is 5.76. The highest BCUT2D eigenvalue weighted by Crippen LogP contribution is 2.46. The van der Waals surface area contributed by atoms with Crippen molar-refractivity contribution in [3.8, 4) is 11.5 Å². The predicted octanol–water partition coefficient (Wildman–Crippen LogP) is 3.08. The molecular weight excluding hydrogens is 228 g/mol. The maximum absolute atomic E-state index is 10.8. The monoisotopic (exact) mass is 246 g/mol. The van der Waals surface area contributed by atoms with Gasteiger partial charge in [0, 0.05) is 5.56 Å². The van der Waals surface area contributed by atoms with Crippen molar-refractivity contribution in [2.24, 2.45) is 11.8 Å². The predicted molar refractivity (Wildman–Crippen MR) is 68.2 cm³/mol. The van der Waals surface area contributed by atoms with Crippen LogP contribution in [0, 0.1) is 11.8 Å². The Morgan fingerprint density at radius 1 is 1.22 bits per heavy atom. The summed E-state index contributed by atoms with van der Waals surface area (Å²) in [6, 6.07) is 5.32. The van der Waals surface area contributed by atoms with E-state index in [0.717, 1.165) is 18.6 Å². The van der Waals surface area contributed by atoms with Gasteiger partial charge < -0.3 is 9.47 Å². The molecule has 0 N–H and O–H groups in total. The van der Waals surface area contributed by atoms with E-state index in [4.69, 9.17) is 9.47 Å². The Hall–Kier alpha value is -1.51. The second-order valence-corrected chi connectivity index (χ2v) is 5.36. The second-order valence-electron chi connectivity index (χ2n) is 5.36. The Morgan fingerprint density at radius 3 is 2.72 bits per heavy atom. The molecule has 18 heavy (non-hydrogen) atoms. The summed E-state index contributed by atoms with van der Waals surface area (Å²) < 4.78 is 11.4. The molecular formula is C15H18O3. The van der Waals surface area contributed by atoms with E-state index < -0.39 is 0 Å². The smallest absolute Gasteiger partial charge is 0.162 e. The minimum Gasteiger partial charge on any atom is -0.493 e. The lowest BCUT2D eigenvalue weighted by atomic mass is 9.97. The summed E-state index contributed by atoms with van der Waals surface area (Å²) in [4.78, 5) is 10.8. The van der Waals surface area contributed by atoms with Crippen LogP contribution in [-0.4, -0.2) is 19.5 Å². The van der Waals surface area contributed by atoms with Crippen LogP contribution in [0.4, 0.5) is 0 Å². The van der Waals surface area contributed by atoms with Crippen molar-refractivity contribution < 1.29 is 14.3 Å². The SMILES string of the molecule is COc1ccc(C=O)cc1O[C@@H]1CC2CCC1C2. The lowest BCUT2D eigenvalue weighted by Crippen LogP contribution is -2.23. The van der Waals surface area contributed by atoms with Crippen molar-refractivity contribution in [2.75, 3.05) is 7.11 Å². The molecule has 0 amide bonds. The molecule has 2 unspecified atom stereocenters. The van der Waals surface area contributed by atoms with Crippen molar-refractivity contribution in [1.29, 1.82) is 0 Å². The normalized spacial score (nSPS) is 29.3. The first-order valence-corrected chi connectivity index (χ1v) is 6.60. The Kier molecular flexibility index (Phi) is 2.98. The van der Waals surface area contributed by atoms with Gasteiger partial charge >= 0.3 is 0 Å². The molecule has 1 aromatic rings. The van der Waals surface area contributed by atoms with Crippen molar-refractivity contribution in [2.45, 2.75) is 31.8 Å². The van der Waals surface area contributed by atoms with Gasteiger partial charge in [-0.05, 0) is 55.7 Å². The first-order valence-electron chi connectivity index (χ1n) is 6.60. The fourth-order valence-corrected chi connectivity index (χ4v) is 3.35. The van der Waals surface area contributed by atoms with Crippen LogP contribution >= 0.6 is 0 Å². The van der Waals surface area contributed by atoms with Gasteiger partial charge in [-0.2, -0.15) is 0 Å². The largest absolute Gasteiger partial charge is 0.493 e. The van der Waals surface area contributed by atoms with Gasteiger partial charge in [0.25, 0.3) is 0 Å². The average Bonchev–Trinajstić information content (AvgIpc) is 3.01. The van der Waals surface area contributed by atoms with Crippen LogP contribution in [0.15, 0.2) is 18.2 Å². The van der Waals surface area contributed by atoms with Crippen molar-refractivity contribution in [3.05, 3.63) is 23.8 Å². The Balaban J connectivity index is 1.80. The van der Waals surface area contributed by atoms with E-state index in [9.17, 15) is 4.79 Å². The molecule has 2 fully saturated rings. The van der Waals surface area contributed by atoms with E-state index in [2.05, 4.69) is 0 Å². The number of ether oxygens (including phenoxy) is 2. The van der Waals surface area contributed by atoms with Crippen LogP contribution < -0.4 is 9.47 Å². The summed E-state index contributed by atoms with van der Waals surface area (Å²) in [7, 11) is 1.63. The molecule has 3 heteroatoms. The molecule has 0 heterocycles. The lowest BCUT2D eigenvalue weighted by molar-refractivity contribution is 0.112. The fourth-order valence-electron chi connectivity index (χ4n) is 3.35. The lowest BCUT2D eigenvalue weighted by Gasteiger charge is -2.24. The Labute approximate surface area is 107 Å². The maximum Gasteiger partial charge on any atom is 0.162 e. The zero-order valence-corrected chi connectivity index (χ0v) is 10.6. The van der Waals surface area contributed by atoms with Gasteiger partial charge in [0.15, 0.2) is 11.5 Å². The summed E-state index contributed by atoms with van der Waals surface area (Å²) in [6.07, 6.45) is 6.24. The topological polar surface area (TPSA) is 35.5 Å². The molecule has 3 atom stereocenters. The zero-order chi connectivity index (χ0) is 12.5. The summed E-state index contributed by atoms with van der Waals surface area (Å²) in [5, 5.41) is 0. The van der Waals surface area contributed by atoms with Gasteiger partial charge in [0.1, 0.15) is 12.4 Å². The molecule has 0 aromatic heterocycles. The number of hydrogen-bond acceptors (Lipinski definition) is 3. The minimum absolute atomic E-state index is 0.305. The average molecular weight is 246 g/mol. The highest BCUT2D eigenvalue weighted by atomic mass is 16.5. The first kappa shape index (κ1) is 11.6. The van der Waals surface area contributed by atoms with Gasteiger partial charge in [-0.15, -0.1) is 0 Å². The molecule has 2 bridgehead atoms. The van der Waals surface area contributed by atoms with E-state index in [1.165, 1.54) is 19.3 Å². The summed E-state index contributed by atoms with van der Waals surface area (Å²) >= 11 is 0. The van der Waals surface area contributed by atoms with Crippen molar-refractivity contribution in [1.82, 2.24) is 0 Å². The van der Waals surface area contributed by atoms with Crippen LogP contribution in [0.25, 0.3) is 0 Å². The molecule has 3 nitrogen and oxygen atoms in total. The van der Waals surface area contributed by atoms with Gasteiger partial charge in [0.2, 0.25) is 0 Å². The van der Waals surface area contributed by atoms with Crippen molar-refractivity contribution in [3.63, 3.8) is 0 Å². The van der Waals surface area contributed by atoms with Crippen LogP contribution in [-0.2, 0) is 0 Å². The van der Waals surface area contributed by atoms with E-state index in [0.29, 0.717) is 29.1 Å². The fraction of sp³-hybridized carbons (Fsp3) is 0.533. The molecule has 96 valence electrons. The van der Waals surface area contributed by atoms with Gasteiger partial charge in [0.05, 0.1) is 7.11 Å². The molecule has 0 radical (unpaired) electrons. The molecule has 3 rings (SSSR count). The van der Waals surface area contributed by atoms with Crippen LogP contribution in [0.1, 0.15) is 36.0 Å². The summed E-state index contributed by atoms with van der Waals surface area (Å²) in [6.45, 7) is 0.